The van der Waals surface area contributed by atoms with Crippen LogP contribution in [-0.2, 0) is 4.79 Å². The predicted molar refractivity (Wildman–Crippen MR) is 105 cm³/mol. The van der Waals surface area contributed by atoms with Crippen LogP contribution >= 0.6 is 0 Å². The number of hydrazine groups is 1. The summed E-state index contributed by atoms with van der Waals surface area (Å²) in [6.45, 7) is -0.344. The van der Waals surface area contributed by atoms with Gasteiger partial charge < -0.3 is 9.47 Å². The summed E-state index contributed by atoms with van der Waals surface area (Å²) in [6.07, 6.45) is 0. The van der Waals surface area contributed by atoms with Gasteiger partial charge in [0.1, 0.15) is 23.3 Å². The summed E-state index contributed by atoms with van der Waals surface area (Å²) in [6, 6.07) is 24.3. The van der Waals surface area contributed by atoms with E-state index < -0.39 is 11.8 Å². The molecule has 3 rings (SSSR count). The van der Waals surface area contributed by atoms with Crippen molar-refractivity contribution in [3.8, 4) is 23.3 Å². The quantitative estimate of drug-likeness (QED) is 0.633. The molecule has 7 nitrogen and oxygen atoms in total. The molecular formula is C22H17N3O4. The zero-order chi connectivity index (χ0) is 20.5. The molecule has 29 heavy (non-hydrogen) atoms. The zero-order valence-electron chi connectivity index (χ0n) is 15.3. The first-order valence-corrected chi connectivity index (χ1v) is 8.70. The van der Waals surface area contributed by atoms with Gasteiger partial charge in [-0.25, -0.2) is 0 Å². The Kier molecular flexibility index (Phi) is 6.42. The molecule has 0 bridgehead atoms. The van der Waals surface area contributed by atoms with E-state index in [1.54, 1.807) is 48.5 Å². The van der Waals surface area contributed by atoms with Crippen molar-refractivity contribution in [2.24, 2.45) is 0 Å². The largest absolute Gasteiger partial charge is 0.482 e. The first-order chi connectivity index (χ1) is 14.2. The van der Waals surface area contributed by atoms with Crippen molar-refractivity contribution in [3.05, 3.63) is 90.0 Å². The highest BCUT2D eigenvalue weighted by Crippen LogP contribution is 2.21. The van der Waals surface area contributed by atoms with Crippen molar-refractivity contribution in [1.29, 1.82) is 5.26 Å². The Morgan fingerprint density at radius 2 is 1.48 bits per heavy atom. The molecule has 3 aromatic carbocycles. The highest BCUT2D eigenvalue weighted by atomic mass is 16.5. The fourth-order valence-electron chi connectivity index (χ4n) is 2.36. The van der Waals surface area contributed by atoms with Crippen LogP contribution in [-0.4, -0.2) is 18.4 Å². The molecule has 0 unspecified atom stereocenters. The molecular weight excluding hydrogens is 370 g/mol. The van der Waals surface area contributed by atoms with Crippen molar-refractivity contribution in [3.63, 3.8) is 0 Å². The molecule has 0 radical (unpaired) electrons. The number of carbonyl (C=O) groups excluding carboxylic acids is 2. The SMILES string of the molecule is N#Cc1ccccc1OCC(=O)NNC(=O)c1ccc(Oc2ccccc2)cc1. The van der Waals surface area contributed by atoms with E-state index >= 15 is 0 Å². The lowest BCUT2D eigenvalue weighted by atomic mass is 10.2. The first kappa shape index (κ1) is 19.5. The number of hydrogen-bond donors (Lipinski definition) is 2. The lowest BCUT2D eigenvalue weighted by molar-refractivity contribution is -0.123. The second-order valence-corrected chi connectivity index (χ2v) is 5.84. The smallest absolute Gasteiger partial charge is 0.276 e. The fraction of sp³-hybridized carbons (Fsp3) is 0.0455. The second kappa shape index (κ2) is 9.58. The third-order valence-corrected chi connectivity index (χ3v) is 3.78. The second-order valence-electron chi connectivity index (χ2n) is 5.84. The van der Waals surface area contributed by atoms with E-state index in [9.17, 15) is 9.59 Å². The molecule has 0 spiro atoms. The van der Waals surface area contributed by atoms with Gasteiger partial charge in [0.05, 0.1) is 5.56 Å². The summed E-state index contributed by atoms with van der Waals surface area (Å²) >= 11 is 0. The van der Waals surface area contributed by atoms with Crippen molar-refractivity contribution in [1.82, 2.24) is 10.9 Å². The van der Waals surface area contributed by atoms with Crippen LogP contribution in [0.25, 0.3) is 0 Å². The summed E-state index contributed by atoms with van der Waals surface area (Å²) in [4.78, 5) is 24.0. The zero-order valence-corrected chi connectivity index (χ0v) is 15.3. The third kappa shape index (κ3) is 5.58. The van der Waals surface area contributed by atoms with Crippen molar-refractivity contribution in [2.75, 3.05) is 6.61 Å². The number of ether oxygens (including phenoxy) is 2. The fourth-order valence-corrected chi connectivity index (χ4v) is 2.36. The molecule has 0 fully saturated rings. The average Bonchev–Trinajstić information content (AvgIpc) is 2.77. The minimum absolute atomic E-state index is 0.297. The van der Waals surface area contributed by atoms with Crippen LogP contribution in [0.2, 0.25) is 0 Å². The van der Waals surface area contributed by atoms with Gasteiger partial charge in [0.25, 0.3) is 11.8 Å². The Morgan fingerprint density at radius 3 is 2.21 bits per heavy atom. The summed E-state index contributed by atoms with van der Waals surface area (Å²) in [7, 11) is 0. The number of amides is 2. The Hall–Kier alpha value is -4.31. The van der Waals surface area contributed by atoms with Crippen LogP contribution in [0.4, 0.5) is 0 Å². The number of rotatable bonds is 6. The summed E-state index contributed by atoms with van der Waals surface area (Å²) in [5.41, 5.74) is 5.24. The molecule has 0 aliphatic rings. The monoisotopic (exact) mass is 387 g/mol. The van der Waals surface area contributed by atoms with Gasteiger partial charge in [-0.1, -0.05) is 30.3 Å². The molecule has 0 saturated heterocycles. The highest BCUT2D eigenvalue weighted by molar-refractivity contribution is 5.95. The van der Waals surface area contributed by atoms with Gasteiger partial charge in [0.15, 0.2) is 6.61 Å². The van der Waals surface area contributed by atoms with Crippen LogP contribution in [0.15, 0.2) is 78.9 Å². The van der Waals surface area contributed by atoms with Gasteiger partial charge in [-0.05, 0) is 48.5 Å². The standard InChI is InChI=1S/C22H17N3O4/c23-14-17-6-4-5-9-20(17)28-15-21(26)24-25-22(27)16-10-12-19(13-11-16)29-18-7-2-1-3-8-18/h1-13H,15H2,(H,24,26)(H,25,27). The van der Waals surface area contributed by atoms with Gasteiger partial charge in [0, 0.05) is 5.56 Å². The van der Waals surface area contributed by atoms with E-state index in [2.05, 4.69) is 10.9 Å². The molecule has 0 aromatic heterocycles. The molecule has 0 aliphatic carbocycles. The van der Waals surface area contributed by atoms with Crippen LogP contribution in [0.5, 0.6) is 17.2 Å². The van der Waals surface area contributed by atoms with Crippen molar-refractivity contribution in [2.45, 2.75) is 0 Å². The third-order valence-electron chi connectivity index (χ3n) is 3.78. The van der Waals surface area contributed by atoms with Crippen LogP contribution < -0.4 is 20.3 Å². The maximum Gasteiger partial charge on any atom is 0.276 e. The van der Waals surface area contributed by atoms with Crippen molar-refractivity contribution >= 4 is 11.8 Å². The number of nitriles is 1. The molecule has 0 aliphatic heterocycles. The van der Waals surface area contributed by atoms with E-state index in [4.69, 9.17) is 14.7 Å². The number of para-hydroxylation sites is 2. The number of carbonyl (C=O) groups is 2. The highest BCUT2D eigenvalue weighted by Gasteiger charge is 2.09. The van der Waals surface area contributed by atoms with E-state index in [0.29, 0.717) is 28.4 Å². The van der Waals surface area contributed by atoms with Crippen LogP contribution in [0.3, 0.4) is 0 Å². The molecule has 2 N–H and O–H groups in total. The maximum atomic E-state index is 12.1. The number of nitrogens with one attached hydrogen (secondary N) is 2. The van der Waals surface area contributed by atoms with Crippen LogP contribution in [0, 0.1) is 11.3 Å². The van der Waals surface area contributed by atoms with Crippen LogP contribution in [0.1, 0.15) is 15.9 Å². The summed E-state index contributed by atoms with van der Waals surface area (Å²) in [5, 5.41) is 8.99. The minimum atomic E-state index is -0.560. The molecule has 3 aromatic rings. The molecule has 7 heteroatoms. The molecule has 0 heterocycles. The Labute approximate surface area is 167 Å². The minimum Gasteiger partial charge on any atom is -0.482 e. The average molecular weight is 387 g/mol. The molecule has 0 saturated carbocycles. The van der Waals surface area contributed by atoms with Gasteiger partial charge in [-0.3, -0.25) is 20.4 Å². The van der Waals surface area contributed by atoms with Crippen molar-refractivity contribution < 1.29 is 19.1 Å². The number of hydrogen-bond acceptors (Lipinski definition) is 5. The number of nitrogens with zero attached hydrogens (tertiary/aromatic N) is 1. The molecule has 144 valence electrons. The summed E-state index contributed by atoms with van der Waals surface area (Å²) in [5.74, 6) is 0.527. The maximum absolute atomic E-state index is 12.1. The Morgan fingerprint density at radius 1 is 0.828 bits per heavy atom. The lowest BCUT2D eigenvalue weighted by Crippen LogP contribution is -2.43. The number of benzene rings is 3. The van der Waals surface area contributed by atoms with E-state index in [1.165, 1.54) is 0 Å². The van der Waals surface area contributed by atoms with E-state index in [1.807, 2.05) is 36.4 Å². The lowest BCUT2D eigenvalue weighted by Gasteiger charge is -2.10. The van der Waals surface area contributed by atoms with Gasteiger partial charge >= 0.3 is 0 Å². The Balaban J connectivity index is 1.47. The van der Waals surface area contributed by atoms with Gasteiger partial charge in [-0.2, -0.15) is 5.26 Å². The van der Waals surface area contributed by atoms with Gasteiger partial charge in [0.2, 0.25) is 0 Å². The first-order valence-electron chi connectivity index (χ1n) is 8.70. The van der Waals surface area contributed by atoms with E-state index in [-0.39, 0.29) is 6.61 Å². The van der Waals surface area contributed by atoms with Gasteiger partial charge in [-0.15, -0.1) is 0 Å². The topological polar surface area (TPSA) is 100 Å². The predicted octanol–water partition coefficient (Wildman–Crippen LogP) is 3.19. The van der Waals surface area contributed by atoms with E-state index in [0.717, 1.165) is 0 Å². The molecule has 0 atom stereocenters. The molecule has 2 amide bonds. The Bertz CT molecular complexity index is 1030. The summed E-state index contributed by atoms with van der Waals surface area (Å²) < 4.78 is 11.0. The normalized spacial score (nSPS) is 9.76.